The Morgan fingerprint density at radius 2 is 1.79 bits per heavy atom. The summed E-state index contributed by atoms with van der Waals surface area (Å²) in [5, 5.41) is 9.74. The van der Waals surface area contributed by atoms with E-state index in [0.29, 0.717) is 5.92 Å². The van der Waals surface area contributed by atoms with Gasteiger partial charge in [0.15, 0.2) is 0 Å². The first-order valence-corrected chi connectivity index (χ1v) is 5.25. The van der Waals surface area contributed by atoms with Crippen LogP contribution in [0.3, 0.4) is 0 Å². The molecular weight excluding hydrogens is 172 g/mol. The van der Waals surface area contributed by atoms with Gasteiger partial charge in [-0.2, -0.15) is 0 Å². The fourth-order valence-corrected chi connectivity index (χ4v) is 1.41. The highest BCUT2D eigenvalue weighted by atomic mass is 16.3. The molecule has 1 unspecified atom stereocenters. The van der Waals surface area contributed by atoms with Crippen molar-refractivity contribution in [2.24, 2.45) is 5.92 Å². The van der Waals surface area contributed by atoms with Crippen LogP contribution in [0.25, 0.3) is 0 Å². The van der Waals surface area contributed by atoms with Gasteiger partial charge in [0, 0.05) is 0 Å². The van der Waals surface area contributed by atoms with Crippen LogP contribution in [-0.2, 0) is 6.42 Å². The van der Waals surface area contributed by atoms with Gasteiger partial charge in [0.05, 0.1) is 6.10 Å². The van der Waals surface area contributed by atoms with Crippen molar-refractivity contribution in [3.63, 3.8) is 0 Å². The normalized spacial score (nSPS) is 13.3. The van der Waals surface area contributed by atoms with Crippen LogP contribution in [0.1, 0.15) is 30.5 Å². The molecular formula is C13H20O. The second-order valence-electron chi connectivity index (χ2n) is 4.43. The molecule has 0 saturated heterocycles. The van der Waals surface area contributed by atoms with Gasteiger partial charge in [-0.15, -0.1) is 0 Å². The van der Waals surface area contributed by atoms with Crippen LogP contribution in [-0.4, -0.2) is 11.2 Å². The first kappa shape index (κ1) is 11.3. The van der Waals surface area contributed by atoms with Crippen molar-refractivity contribution in [2.45, 2.75) is 40.2 Å². The summed E-state index contributed by atoms with van der Waals surface area (Å²) in [7, 11) is 0. The summed E-state index contributed by atoms with van der Waals surface area (Å²) in [5.74, 6) is 0.330. The van der Waals surface area contributed by atoms with Gasteiger partial charge in [-0.3, -0.25) is 0 Å². The highest BCUT2D eigenvalue weighted by molar-refractivity contribution is 5.30. The van der Waals surface area contributed by atoms with Gasteiger partial charge in [0.1, 0.15) is 0 Å². The average molecular weight is 192 g/mol. The fourth-order valence-electron chi connectivity index (χ4n) is 1.41. The number of hydrogen-bond acceptors (Lipinski definition) is 1. The van der Waals surface area contributed by atoms with Gasteiger partial charge in [0.25, 0.3) is 0 Å². The Kier molecular flexibility index (Phi) is 3.70. The number of aryl methyl sites for hydroxylation is 2. The second-order valence-corrected chi connectivity index (χ2v) is 4.43. The summed E-state index contributed by atoms with van der Waals surface area (Å²) in [6, 6.07) is 6.40. The zero-order valence-corrected chi connectivity index (χ0v) is 9.54. The lowest BCUT2D eigenvalue weighted by Crippen LogP contribution is -2.17. The van der Waals surface area contributed by atoms with E-state index in [9.17, 15) is 5.11 Å². The molecule has 0 aliphatic rings. The Balaban J connectivity index is 2.73. The molecule has 1 atom stereocenters. The van der Waals surface area contributed by atoms with Crippen LogP contribution < -0.4 is 0 Å². The van der Waals surface area contributed by atoms with Crippen molar-refractivity contribution in [1.29, 1.82) is 0 Å². The van der Waals surface area contributed by atoms with E-state index in [2.05, 4.69) is 32.0 Å². The predicted octanol–water partition coefficient (Wildman–Crippen LogP) is 2.86. The smallest absolute Gasteiger partial charge is 0.0603 e. The predicted molar refractivity (Wildman–Crippen MR) is 60.5 cm³/mol. The molecule has 78 valence electrons. The van der Waals surface area contributed by atoms with Crippen molar-refractivity contribution in [3.8, 4) is 0 Å². The van der Waals surface area contributed by atoms with Gasteiger partial charge in [-0.05, 0) is 42.9 Å². The third-order valence-corrected chi connectivity index (χ3v) is 2.79. The van der Waals surface area contributed by atoms with Crippen LogP contribution >= 0.6 is 0 Å². The molecule has 1 aromatic rings. The Morgan fingerprint density at radius 1 is 1.14 bits per heavy atom. The van der Waals surface area contributed by atoms with E-state index in [4.69, 9.17) is 0 Å². The molecule has 1 nitrogen and oxygen atoms in total. The van der Waals surface area contributed by atoms with Gasteiger partial charge in [-0.1, -0.05) is 32.0 Å². The lowest BCUT2D eigenvalue weighted by molar-refractivity contribution is 0.125. The second kappa shape index (κ2) is 4.61. The van der Waals surface area contributed by atoms with Gasteiger partial charge < -0.3 is 5.11 Å². The van der Waals surface area contributed by atoms with Crippen molar-refractivity contribution in [3.05, 3.63) is 34.9 Å². The van der Waals surface area contributed by atoms with E-state index in [-0.39, 0.29) is 6.10 Å². The summed E-state index contributed by atoms with van der Waals surface area (Å²) in [6.07, 6.45) is 0.538. The van der Waals surface area contributed by atoms with Crippen LogP contribution in [0.15, 0.2) is 18.2 Å². The number of rotatable bonds is 3. The van der Waals surface area contributed by atoms with E-state index in [1.807, 2.05) is 13.8 Å². The first-order chi connectivity index (χ1) is 6.50. The minimum Gasteiger partial charge on any atom is -0.393 e. The quantitative estimate of drug-likeness (QED) is 0.780. The highest BCUT2D eigenvalue weighted by Gasteiger charge is 2.09. The third-order valence-electron chi connectivity index (χ3n) is 2.79. The molecule has 0 heterocycles. The monoisotopic (exact) mass is 192 g/mol. The number of aliphatic hydroxyl groups excluding tert-OH is 1. The lowest BCUT2D eigenvalue weighted by atomic mass is 9.97. The van der Waals surface area contributed by atoms with Crippen molar-refractivity contribution >= 4 is 0 Å². The third kappa shape index (κ3) is 2.85. The maximum atomic E-state index is 9.74. The largest absolute Gasteiger partial charge is 0.393 e. The molecule has 1 N–H and O–H groups in total. The summed E-state index contributed by atoms with van der Waals surface area (Å²) >= 11 is 0. The minimum absolute atomic E-state index is 0.225. The summed E-state index contributed by atoms with van der Waals surface area (Å²) < 4.78 is 0. The molecule has 1 aromatic carbocycles. The number of hydrogen-bond donors (Lipinski definition) is 1. The molecule has 1 heteroatoms. The fraction of sp³-hybridized carbons (Fsp3) is 0.538. The molecule has 0 bridgehead atoms. The van der Waals surface area contributed by atoms with E-state index in [1.165, 1.54) is 16.7 Å². The Morgan fingerprint density at radius 3 is 2.29 bits per heavy atom. The molecule has 0 aromatic heterocycles. The van der Waals surface area contributed by atoms with E-state index in [1.54, 1.807) is 0 Å². The van der Waals surface area contributed by atoms with Crippen LogP contribution in [0.2, 0.25) is 0 Å². The van der Waals surface area contributed by atoms with Gasteiger partial charge in [0.2, 0.25) is 0 Å². The molecule has 0 amide bonds. The van der Waals surface area contributed by atoms with Gasteiger partial charge >= 0.3 is 0 Å². The van der Waals surface area contributed by atoms with Crippen molar-refractivity contribution in [2.75, 3.05) is 0 Å². The molecule has 1 rings (SSSR count). The molecule has 0 radical (unpaired) electrons. The Bertz CT molecular complexity index is 302. The standard InChI is InChI=1S/C13H20O/c1-9(2)13(14)8-12-6-5-10(3)11(4)7-12/h5-7,9,13-14H,8H2,1-4H3. The Hall–Kier alpha value is -0.820. The van der Waals surface area contributed by atoms with Gasteiger partial charge in [-0.25, -0.2) is 0 Å². The molecule has 0 aliphatic heterocycles. The maximum absolute atomic E-state index is 9.74. The summed E-state index contributed by atoms with van der Waals surface area (Å²) in [6.45, 7) is 8.32. The number of benzene rings is 1. The highest BCUT2D eigenvalue weighted by Crippen LogP contribution is 2.14. The topological polar surface area (TPSA) is 20.2 Å². The zero-order valence-electron chi connectivity index (χ0n) is 9.54. The zero-order chi connectivity index (χ0) is 10.7. The Labute approximate surface area is 86.8 Å². The lowest BCUT2D eigenvalue weighted by Gasteiger charge is -2.14. The van der Waals surface area contributed by atoms with E-state index in [0.717, 1.165) is 6.42 Å². The van der Waals surface area contributed by atoms with Crippen molar-refractivity contribution in [1.82, 2.24) is 0 Å². The van der Waals surface area contributed by atoms with Crippen LogP contribution in [0, 0.1) is 19.8 Å². The molecule has 0 aliphatic carbocycles. The first-order valence-electron chi connectivity index (χ1n) is 5.25. The average Bonchev–Trinajstić information content (AvgIpc) is 2.11. The summed E-state index contributed by atoms with van der Waals surface area (Å²) in [5.41, 5.74) is 3.85. The molecule has 14 heavy (non-hydrogen) atoms. The van der Waals surface area contributed by atoms with Crippen molar-refractivity contribution < 1.29 is 5.11 Å². The molecule has 0 fully saturated rings. The van der Waals surface area contributed by atoms with Crippen LogP contribution in [0.5, 0.6) is 0 Å². The minimum atomic E-state index is -0.225. The summed E-state index contributed by atoms with van der Waals surface area (Å²) in [4.78, 5) is 0. The SMILES string of the molecule is Cc1ccc(CC(O)C(C)C)cc1C. The molecule has 0 spiro atoms. The maximum Gasteiger partial charge on any atom is 0.0603 e. The van der Waals surface area contributed by atoms with Crippen LogP contribution in [0.4, 0.5) is 0 Å². The van der Waals surface area contributed by atoms with E-state index >= 15 is 0 Å². The number of aliphatic hydroxyl groups is 1. The van der Waals surface area contributed by atoms with E-state index < -0.39 is 0 Å². The molecule has 0 saturated carbocycles.